The Balaban J connectivity index is 2.38. The van der Waals surface area contributed by atoms with Gasteiger partial charge in [0, 0.05) is 19.1 Å². The van der Waals surface area contributed by atoms with Crippen molar-refractivity contribution >= 4 is 27.6 Å². The van der Waals surface area contributed by atoms with Gasteiger partial charge in [0.05, 0.1) is 17.7 Å². The van der Waals surface area contributed by atoms with Crippen molar-refractivity contribution in [1.29, 1.82) is 0 Å². The summed E-state index contributed by atoms with van der Waals surface area (Å²) in [7, 11) is -0.687. The van der Waals surface area contributed by atoms with Crippen LogP contribution >= 0.6 is 11.6 Å². The first-order chi connectivity index (χ1) is 9.90. The Hall–Kier alpha value is -1.15. The molecule has 1 aliphatic rings. The van der Waals surface area contributed by atoms with E-state index < -0.39 is 16.0 Å². The first-order valence-corrected chi connectivity index (χ1v) is 8.27. The van der Waals surface area contributed by atoms with E-state index in [1.807, 2.05) is 0 Å². The maximum Gasteiger partial charge on any atom is 0.337 e. The van der Waals surface area contributed by atoms with E-state index in [1.165, 1.54) is 29.6 Å². The highest BCUT2D eigenvalue weighted by atomic mass is 35.5. The summed E-state index contributed by atoms with van der Waals surface area (Å²) in [4.78, 5) is 11.5. The van der Waals surface area contributed by atoms with E-state index in [9.17, 15) is 13.2 Å². The Bertz CT molecular complexity index is 648. The molecule has 2 rings (SSSR count). The Morgan fingerprint density at radius 1 is 1.48 bits per heavy atom. The number of benzene rings is 1. The van der Waals surface area contributed by atoms with Gasteiger partial charge in [-0.3, -0.25) is 0 Å². The van der Waals surface area contributed by atoms with Gasteiger partial charge in [-0.2, -0.15) is 4.31 Å². The number of halogens is 1. The molecule has 21 heavy (non-hydrogen) atoms. The molecule has 0 saturated carbocycles. The molecule has 1 saturated heterocycles. The van der Waals surface area contributed by atoms with Gasteiger partial charge in [-0.15, -0.1) is 0 Å². The monoisotopic (exact) mass is 332 g/mol. The summed E-state index contributed by atoms with van der Waals surface area (Å²) in [6.07, 6.45) is 0.740. The second kappa shape index (κ2) is 6.31. The molecule has 1 fully saturated rings. The van der Waals surface area contributed by atoms with Gasteiger partial charge in [0.15, 0.2) is 0 Å². The van der Waals surface area contributed by atoms with Crippen molar-refractivity contribution in [1.82, 2.24) is 9.62 Å². The number of ether oxygens (including phenoxy) is 1. The SMILES string of the molecule is CNC1CCN(S(=O)(=O)c2cc(C(=O)OC)ccc2Cl)C1. The minimum Gasteiger partial charge on any atom is -0.465 e. The van der Waals surface area contributed by atoms with Gasteiger partial charge in [-0.25, -0.2) is 13.2 Å². The van der Waals surface area contributed by atoms with Crippen LogP contribution in [0.2, 0.25) is 5.02 Å². The van der Waals surface area contributed by atoms with E-state index in [2.05, 4.69) is 10.1 Å². The molecule has 0 amide bonds. The zero-order chi connectivity index (χ0) is 15.6. The molecule has 1 aliphatic heterocycles. The molecule has 1 unspecified atom stereocenters. The second-order valence-corrected chi connectivity index (χ2v) is 7.09. The number of likely N-dealkylation sites (N-methyl/N-ethyl adjacent to an activating group) is 1. The predicted molar refractivity (Wildman–Crippen MR) is 79.0 cm³/mol. The number of hydrogen-bond donors (Lipinski definition) is 1. The molecular formula is C13H17ClN2O4S. The standard InChI is InChI=1S/C13H17ClN2O4S/c1-15-10-5-6-16(8-10)21(18,19)12-7-9(13(17)20-2)3-4-11(12)14/h3-4,7,10,15H,5-6,8H2,1-2H3. The number of nitrogens with one attached hydrogen (secondary N) is 1. The van der Waals surface area contributed by atoms with Crippen molar-refractivity contribution in [3.8, 4) is 0 Å². The largest absolute Gasteiger partial charge is 0.465 e. The lowest BCUT2D eigenvalue weighted by atomic mass is 10.2. The van der Waals surface area contributed by atoms with Gasteiger partial charge in [0.1, 0.15) is 4.90 Å². The van der Waals surface area contributed by atoms with E-state index in [0.29, 0.717) is 13.1 Å². The van der Waals surface area contributed by atoms with Gasteiger partial charge >= 0.3 is 5.97 Å². The number of methoxy groups -OCH3 is 1. The fraction of sp³-hybridized carbons (Fsp3) is 0.462. The summed E-state index contributed by atoms with van der Waals surface area (Å²) < 4.78 is 31.3. The third-order valence-electron chi connectivity index (χ3n) is 3.53. The summed E-state index contributed by atoms with van der Waals surface area (Å²) in [5.74, 6) is -0.599. The first kappa shape index (κ1) is 16.2. The molecule has 1 N–H and O–H groups in total. The predicted octanol–water partition coefficient (Wildman–Crippen LogP) is 1.11. The summed E-state index contributed by atoms with van der Waals surface area (Å²) >= 11 is 6.00. The zero-order valence-electron chi connectivity index (χ0n) is 11.8. The van der Waals surface area contributed by atoms with Crippen molar-refractivity contribution in [2.45, 2.75) is 17.4 Å². The van der Waals surface area contributed by atoms with E-state index in [-0.39, 0.29) is 21.5 Å². The number of rotatable bonds is 4. The van der Waals surface area contributed by atoms with E-state index in [4.69, 9.17) is 11.6 Å². The van der Waals surface area contributed by atoms with Gasteiger partial charge < -0.3 is 10.1 Å². The van der Waals surface area contributed by atoms with Gasteiger partial charge in [-0.1, -0.05) is 11.6 Å². The number of hydrogen-bond acceptors (Lipinski definition) is 5. The van der Waals surface area contributed by atoms with Crippen LogP contribution in [0.4, 0.5) is 0 Å². The zero-order valence-corrected chi connectivity index (χ0v) is 13.4. The lowest BCUT2D eigenvalue weighted by Gasteiger charge is -2.17. The highest BCUT2D eigenvalue weighted by Crippen LogP contribution is 2.28. The first-order valence-electron chi connectivity index (χ1n) is 6.45. The lowest BCUT2D eigenvalue weighted by molar-refractivity contribution is 0.0600. The highest BCUT2D eigenvalue weighted by Gasteiger charge is 2.33. The van der Waals surface area contributed by atoms with Crippen LogP contribution in [-0.4, -0.2) is 52.0 Å². The van der Waals surface area contributed by atoms with Crippen LogP contribution < -0.4 is 5.32 Å². The number of nitrogens with zero attached hydrogens (tertiary/aromatic N) is 1. The van der Waals surface area contributed by atoms with Gasteiger partial charge in [0.25, 0.3) is 0 Å². The van der Waals surface area contributed by atoms with Crippen LogP contribution in [0, 0.1) is 0 Å². The number of carbonyl (C=O) groups is 1. The lowest BCUT2D eigenvalue weighted by Crippen LogP contribution is -2.33. The fourth-order valence-corrected chi connectivity index (χ4v) is 4.27. The van der Waals surface area contributed by atoms with Crippen LogP contribution in [-0.2, 0) is 14.8 Å². The quantitative estimate of drug-likeness (QED) is 0.836. The van der Waals surface area contributed by atoms with Crippen LogP contribution in [0.25, 0.3) is 0 Å². The highest BCUT2D eigenvalue weighted by molar-refractivity contribution is 7.89. The molecule has 0 aromatic heterocycles. The second-order valence-electron chi connectivity index (χ2n) is 4.77. The van der Waals surface area contributed by atoms with Gasteiger partial charge in [0.2, 0.25) is 10.0 Å². The average Bonchev–Trinajstić information content (AvgIpc) is 2.96. The molecule has 0 spiro atoms. The molecule has 0 aliphatic carbocycles. The maximum absolute atomic E-state index is 12.6. The molecule has 116 valence electrons. The molecular weight excluding hydrogens is 316 g/mol. The fourth-order valence-electron chi connectivity index (χ4n) is 2.27. The molecule has 1 aromatic carbocycles. The Labute approximate surface area is 129 Å². The van der Waals surface area contributed by atoms with Gasteiger partial charge in [-0.05, 0) is 31.7 Å². The molecule has 6 nitrogen and oxygen atoms in total. The van der Waals surface area contributed by atoms with Crippen molar-refractivity contribution in [2.75, 3.05) is 27.2 Å². The Morgan fingerprint density at radius 2 is 2.19 bits per heavy atom. The number of carbonyl (C=O) groups excluding carboxylic acids is 1. The third kappa shape index (κ3) is 3.21. The van der Waals surface area contributed by atoms with Crippen molar-refractivity contribution in [3.05, 3.63) is 28.8 Å². The Morgan fingerprint density at radius 3 is 2.76 bits per heavy atom. The van der Waals surface area contributed by atoms with Crippen LogP contribution in [0.3, 0.4) is 0 Å². The summed E-state index contributed by atoms with van der Waals surface area (Å²) in [6, 6.07) is 4.22. The van der Waals surface area contributed by atoms with Crippen LogP contribution in [0.1, 0.15) is 16.8 Å². The molecule has 1 heterocycles. The number of esters is 1. The smallest absolute Gasteiger partial charge is 0.337 e. The minimum absolute atomic E-state index is 0.0659. The van der Waals surface area contributed by atoms with Crippen molar-refractivity contribution in [3.63, 3.8) is 0 Å². The van der Waals surface area contributed by atoms with E-state index in [1.54, 1.807) is 7.05 Å². The summed E-state index contributed by atoms with van der Waals surface area (Å²) in [6.45, 7) is 0.810. The van der Waals surface area contributed by atoms with Crippen LogP contribution in [0.5, 0.6) is 0 Å². The molecule has 8 heteroatoms. The number of sulfonamides is 1. The topological polar surface area (TPSA) is 75.7 Å². The van der Waals surface area contributed by atoms with Crippen molar-refractivity contribution in [2.24, 2.45) is 0 Å². The summed E-state index contributed by atoms with van der Waals surface area (Å²) in [5.41, 5.74) is 0.157. The van der Waals surface area contributed by atoms with E-state index in [0.717, 1.165) is 6.42 Å². The van der Waals surface area contributed by atoms with Crippen molar-refractivity contribution < 1.29 is 17.9 Å². The minimum atomic E-state index is -3.72. The molecule has 1 aromatic rings. The van der Waals surface area contributed by atoms with Crippen LogP contribution in [0.15, 0.2) is 23.1 Å². The molecule has 1 atom stereocenters. The Kier molecular flexibility index (Phi) is 4.88. The van der Waals surface area contributed by atoms with E-state index >= 15 is 0 Å². The average molecular weight is 333 g/mol. The normalized spacial score (nSPS) is 19.7. The third-order valence-corrected chi connectivity index (χ3v) is 5.88. The molecule has 0 radical (unpaired) electrons. The summed E-state index contributed by atoms with van der Waals surface area (Å²) in [5, 5.41) is 3.15. The maximum atomic E-state index is 12.6. The molecule has 0 bridgehead atoms.